The normalized spacial score (nSPS) is 9.68. The molecule has 2 aromatic rings. The molecule has 0 aliphatic heterocycles. The quantitative estimate of drug-likeness (QED) is 0.609. The predicted octanol–water partition coefficient (Wildman–Crippen LogP) is 2.87. The molecule has 1 aromatic carbocycles. The molecular formula is C15H13NO3. The third-order valence-electron chi connectivity index (χ3n) is 2.32. The number of esters is 1. The van der Waals surface area contributed by atoms with Gasteiger partial charge in [-0.2, -0.15) is 0 Å². The Morgan fingerprint density at radius 2 is 1.79 bits per heavy atom. The maximum atomic E-state index is 11.8. The van der Waals surface area contributed by atoms with Gasteiger partial charge in [-0.25, -0.2) is 4.79 Å². The molecule has 4 nitrogen and oxygen atoms in total. The lowest BCUT2D eigenvalue weighted by atomic mass is 10.2. The topological polar surface area (TPSA) is 48.4 Å². The van der Waals surface area contributed by atoms with Crippen molar-refractivity contribution in [3.05, 3.63) is 67.0 Å². The summed E-state index contributed by atoms with van der Waals surface area (Å²) < 4.78 is 10.5. The van der Waals surface area contributed by atoms with Gasteiger partial charge in [0.15, 0.2) is 0 Å². The lowest BCUT2D eigenvalue weighted by Crippen LogP contribution is -2.08. The highest BCUT2D eigenvalue weighted by Crippen LogP contribution is 2.15. The lowest BCUT2D eigenvalue weighted by Gasteiger charge is -2.05. The van der Waals surface area contributed by atoms with Crippen LogP contribution >= 0.6 is 0 Å². The minimum Gasteiger partial charge on any atom is -0.490 e. The highest BCUT2D eigenvalue weighted by Gasteiger charge is 2.08. The summed E-state index contributed by atoms with van der Waals surface area (Å²) in [6.45, 7) is 4.00. The van der Waals surface area contributed by atoms with Crippen molar-refractivity contribution in [1.29, 1.82) is 0 Å². The Balaban J connectivity index is 2.01. The summed E-state index contributed by atoms with van der Waals surface area (Å²) >= 11 is 0. The molecule has 0 unspecified atom stereocenters. The van der Waals surface area contributed by atoms with Crippen LogP contribution in [0.25, 0.3) is 0 Å². The second kappa shape index (κ2) is 6.35. The number of rotatable bonds is 5. The first-order valence-electron chi connectivity index (χ1n) is 5.75. The molecule has 1 heterocycles. The summed E-state index contributed by atoms with van der Waals surface area (Å²) in [6.07, 6.45) is 4.79. The first-order valence-corrected chi connectivity index (χ1v) is 5.75. The van der Waals surface area contributed by atoms with E-state index >= 15 is 0 Å². The Kier molecular flexibility index (Phi) is 4.29. The van der Waals surface area contributed by atoms with E-state index in [0.717, 1.165) is 0 Å². The van der Waals surface area contributed by atoms with Gasteiger partial charge in [-0.05, 0) is 36.4 Å². The Morgan fingerprint density at radius 1 is 1.11 bits per heavy atom. The summed E-state index contributed by atoms with van der Waals surface area (Å²) in [6, 6.07) is 9.99. The fourth-order valence-corrected chi connectivity index (χ4v) is 1.41. The van der Waals surface area contributed by atoms with E-state index in [4.69, 9.17) is 9.47 Å². The van der Waals surface area contributed by atoms with E-state index in [0.29, 0.717) is 23.7 Å². The fourth-order valence-electron chi connectivity index (χ4n) is 1.41. The van der Waals surface area contributed by atoms with Gasteiger partial charge in [0.05, 0.1) is 5.56 Å². The van der Waals surface area contributed by atoms with Crippen LogP contribution in [0.2, 0.25) is 0 Å². The molecule has 0 aliphatic carbocycles. The molecule has 0 saturated heterocycles. The van der Waals surface area contributed by atoms with Crippen LogP contribution in [-0.4, -0.2) is 17.6 Å². The van der Waals surface area contributed by atoms with E-state index in [9.17, 15) is 4.79 Å². The molecule has 4 heteroatoms. The van der Waals surface area contributed by atoms with Gasteiger partial charge in [0.2, 0.25) is 0 Å². The molecule has 0 amide bonds. The molecule has 0 N–H and O–H groups in total. The number of ether oxygens (including phenoxy) is 2. The van der Waals surface area contributed by atoms with Gasteiger partial charge in [-0.1, -0.05) is 12.7 Å². The smallest absolute Gasteiger partial charge is 0.343 e. The number of benzene rings is 1. The zero-order valence-electron chi connectivity index (χ0n) is 10.3. The second-order valence-corrected chi connectivity index (χ2v) is 3.70. The number of carbonyl (C=O) groups excluding carboxylic acids is 1. The standard InChI is InChI=1S/C15H13NO3/c1-2-11-18-13-5-3-12(4-6-13)15(17)19-14-7-9-16-10-8-14/h2-10H,1,11H2. The molecule has 1 aromatic heterocycles. The number of pyridine rings is 1. The minimum atomic E-state index is -0.415. The summed E-state index contributed by atoms with van der Waals surface area (Å²) in [4.78, 5) is 15.7. The predicted molar refractivity (Wildman–Crippen MR) is 71.3 cm³/mol. The van der Waals surface area contributed by atoms with Crippen LogP contribution < -0.4 is 9.47 Å². The first-order chi connectivity index (χ1) is 9.29. The SMILES string of the molecule is C=CCOc1ccc(C(=O)Oc2ccncc2)cc1. The highest BCUT2D eigenvalue weighted by atomic mass is 16.5. The summed E-state index contributed by atoms with van der Waals surface area (Å²) in [5.41, 5.74) is 0.461. The molecule has 0 spiro atoms. The zero-order valence-corrected chi connectivity index (χ0v) is 10.3. The van der Waals surface area contributed by atoms with Crippen LogP contribution in [-0.2, 0) is 0 Å². The molecule has 19 heavy (non-hydrogen) atoms. The number of hydrogen-bond donors (Lipinski definition) is 0. The molecule has 0 bridgehead atoms. The van der Waals surface area contributed by atoms with Crippen molar-refractivity contribution in [2.75, 3.05) is 6.61 Å². The molecule has 0 aliphatic rings. The number of hydrogen-bond acceptors (Lipinski definition) is 4. The van der Waals surface area contributed by atoms with Gasteiger partial charge < -0.3 is 9.47 Å². The number of carbonyl (C=O) groups is 1. The summed E-state index contributed by atoms with van der Waals surface area (Å²) in [5.74, 6) is 0.730. The van der Waals surface area contributed by atoms with E-state index in [1.54, 1.807) is 54.9 Å². The molecular weight excluding hydrogens is 242 g/mol. The van der Waals surface area contributed by atoms with Gasteiger partial charge >= 0.3 is 5.97 Å². The van der Waals surface area contributed by atoms with Crippen LogP contribution in [0.5, 0.6) is 11.5 Å². The van der Waals surface area contributed by atoms with Crippen LogP contribution in [0.3, 0.4) is 0 Å². The lowest BCUT2D eigenvalue weighted by molar-refractivity contribution is 0.0734. The maximum absolute atomic E-state index is 11.8. The molecule has 0 saturated carbocycles. The minimum absolute atomic E-state index is 0.415. The Labute approximate surface area is 111 Å². The highest BCUT2D eigenvalue weighted by molar-refractivity contribution is 5.91. The van der Waals surface area contributed by atoms with Crippen molar-refractivity contribution in [2.45, 2.75) is 0 Å². The summed E-state index contributed by atoms with van der Waals surface area (Å²) in [5, 5.41) is 0. The van der Waals surface area contributed by atoms with Crippen LogP contribution in [0.4, 0.5) is 0 Å². The zero-order chi connectivity index (χ0) is 13.5. The van der Waals surface area contributed by atoms with Gasteiger partial charge in [-0.15, -0.1) is 0 Å². The van der Waals surface area contributed by atoms with Crippen LogP contribution in [0.15, 0.2) is 61.4 Å². The van der Waals surface area contributed by atoms with Crippen LogP contribution in [0, 0.1) is 0 Å². The van der Waals surface area contributed by atoms with Crippen LogP contribution in [0.1, 0.15) is 10.4 Å². The average Bonchev–Trinajstić information content (AvgIpc) is 2.46. The van der Waals surface area contributed by atoms with Crippen molar-refractivity contribution in [3.63, 3.8) is 0 Å². The molecule has 2 rings (SSSR count). The third-order valence-corrected chi connectivity index (χ3v) is 2.32. The van der Waals surface area contributed by atoms with Crippen molar-refractivity contribution < 1.29 is 14.3 Å². The Bertz CT molecular complexity index is 549. The fraction of sp³-hybridized carbons (Fsp3) is 0.0667. The van der Waals surface area contributed by atoms with Crippen molar-refractivity contribution in [3.8, 4) is 11.5 Å². The summed E-state index contributed by atoms with van der Waals surface area (Å²) in [7, 11) is 0. The number of aromatic nitrogens is 1. The van der Waals surface area contributed by atoms with Gasteiger partial charge in [0, 0.05) is 12.4 Å². The van der Waals surface area contributed by atoms with E-state index in [1.165, 1.54) is 0 Å². The Morgan fingerprint density at radius 3 is 2.42 bits per heavy atom. The second-order valence-electron chi connectivity index (χ2n) is 3.70. The van der Waals surface area contributed by atoms with Gasteiger partial charge in [-0.3, -0.25) is 4.98 Å². The molecule has 0 fully saturated rings. The Hall–Kier alpha value is -2.62. The molecule has 0 radical (unpaired) electrons. The monoisotopic (exact) mass is 255 g/mol. The van der Waals surface area contributed by atoms with E-state index in [1.807, 2.05) is 0 Å². The van der Waals surface area contributed by atoms with Crippen molar-refractivity contribution in [2.24, 2.45) is 0 Å². The third kappa shape index (κ3) is 3.67. The molecule has 0 atom stereocenters. The van der Waals surface area contributed by atoms with Gasteiger partial charge in [0.25, 0.3) is 0 Å². The number of nitrogens with zero attached hydrogens (tertiary/aromatic N) is 1. The first kappa shape index (κ1) is 12.8. The average molecular weight is 255 g/mol. The van der Waals surface area contributed by atoms with E-state index in [2.05, 4.69) is 11.6 Å². The molecule has 96 valence electrons. The largest absolute Gasteiger partial charge is 0.490 e. The maximum Gasteiger partial charge on any atom is 0.343 e. The van der Waals surface area contributed by atoms with Gasteiger partial charge in [0.1, 0.15) is 18.1 Å². The van der Waals surface area contributed by atoms with E-state index in [-0.39, 0.29) is 0 Å². The van der Waals surface area contributed by atoms with Crippen molar-refractivity contribution >= 4 is 5.97 Å². The van der Waals surface area contributed by atoms with E-state index < -0.39 is 5.97 Å². The van der Waals surface area contributed by atoms with Crippen molar-refractivity contribution in [1.82, 2.24) is 4.98 Å².